The van der Waals surface area contributed by atoms with E-state index in [1.165, 1.54) is 0 Å². The van der Waals surface area contributed by atoms with Gasteiger partial charge in [-0.15, -0.1) is 0 Å². The van der Waals surface area contributed by atoms with Crippen LogP contribution in [-0.4, -0.2) is 19.6 Å². The summed E-state index contributed by atoms with van der Waals surface area (Å²) in [6.07, 6.45) is 1.75. The first-order chi connectivity index (χ1) is 30.8. The van der Waals surface area contributed by atoms with Crippen LogP contribution in [0.3, 0.4) is 0 Å². The highest BCUT2D eigenvalue weighted by Gasteiger charge is 2.23. The fourth-order valence-electron chi connectivity index (χ4n) is 7.50. The summed E-state index contributed by atoms with van der Waals surface area (Å²) in [5.41, 5.74) is 10.9. The number of para-hydroxylation sites is 2. The third kappa shape index (κ3) is 7.47. The first-order valence-electron chi connectivity index (χ1n) is 23.6. The van der Waals surface area contributed by atoms with E-state index in [0.717, 1.165) is 50.2 Å². The Morgan fingerprint density at radius 1 is 0.621 bits per heavy atom. The zero-order valence-corrected chi connectivity index (χ0v) is 34.1. The monoisotopic (exact) mass is 767 g/mol. The summed E-state index contributed by atoms with van der Waals surface area (Å²) in [4.78, 5) is 10.1. The van der Waals surface area contributed by atoms with Crippen molar-refractivity contribution < 1.29 is 16.1 Å². The lowest BCUT2D eigenvalue weighted by molar-refractivity contribution is 0.477. The molecule has 58 heavy (non-hydrogen) atoms. The third-order valence-electron chi connectivity index (χ3n) is 10.9. The lowest BCUT2D eigenvalue weighted by atomic mass is 9.83. The van der Waals surface area contributed by atoms with Crippen LogP contribution in [0, 0.1) is 13.7 Å². The van der Waals surface area contributed by atoms with E-state index < -0.39 is 25.5 Å². The topological polar surface area (TPSA) is 50.9 Å². The van der Waals surface area contributed by atoms with Crippen LogP contribution >= 0.6 is 0 Å². The maximum absolute atomic E-state index is 11.4. The molecule has 0 spiro atoms. The molecular formula is C54H53N3O. The van der Waals surface area contributed by atoms with Crippen molar-refractivity contribution in [2.45, 2.75) is 79.4 Å². The van der Waals surface area contributed by atoms with Gasteiger partial charge in [-0.3, -0.25) is 9.55 Å². The summed E-state index contributed by atoms with van der Waals surface area (Å²) in [5, 5.41) is 11.4. The van der Waals surface area contributed by atoms with E-state index in [9.17, 15) is 5.11 Å². The zero-order chi connectivity index (χ0) is 47.7. The van der Waals surface area contributed by atoms with Crippen LogP contribution in [0.5, 0.6) is 5.75 Å². The third-order valence-corrected chi connectivity index (χ3v) is 10.9. The number of aromatic hydroxyl groups is 1. The maximum atomic E-state index is 11.4. The number of fused-ring (bicyclic) bond motifs is 1. The van der Waals surface area contributed by atoms with Gasteiger partial charge in [0.05, 0.1) is 28.0 Å². The summed E-state index contributed by atoms with van der Waals surface area (Å²) in [6, 6.07) is 40.9. The lowest BCUT2D eigenvalue weighted by Crippen LogP contribution is -2.11. The molecule has 0 bridgehead atoms. The SMILES string of the molecule is [2H]C([2H])([2H])c1ccc(-c2ccnc(-c3cc(-c4cccc5c4nc(-c4ccccc4O)n5-c4ccc(-c5cc(C([2H])(C)C)cc(C([2H])(C)C)c5)cc4C([2H])([2H])[2H])cc(C(C)(C)C)c3)c2)cc1. The number of aromatic nitrogens is 3. The van der Waals surface area contributed by atoms with Gasteiger partial charge in [0.25, 0.3) is 0 Å². The molecule has 8 rings (SSSR count). The Morgan fingerprint density at radius 2 is 1.31 bits per heavy atom. The molecular weight excluding hydrogens is 707 g/mol. The van der Waals surface area contributed by atoms with Crippen molar-refractivity contribution in [3.05, 3.63) is 167 Å². The second-order valence-corrected chi connectivity index (χ2v) is 16.5. The van der Waals surface area contributed by atoms with Crippen molar-refractivity contribution in [3.63, 3.8) is 0 Å². The van der Waals surface area contributed by atoms with E-state index in [1.54, 1.807) is 76.4 Å². The minimum absolute atomic E-state index is 0.0148. The number of nitrogens with zero attached hydrogens (tertiary/aromatic N) is 3. The van der Waals surface area contributed by atoms with Crippen molar-refractivity contribution in [1.82, 2.24) is 14.5 Å². The predicted octanol–water partition coefficient (Wildman–Crippen LogP) is 14.6. The number of hydrogen-bond donors (Lipinski definition) is 1. The van der Waals surface area contributed by atoms with Crippen molar-refractivity contribution in [3.8, 4) is 67.5 Å². The van der Waals surface area contributed by atoms with E-state index in [-0.39, 0.29) is 22.3 Å². The molecule has 0 saturated heterocycles. The standard InChI is InChI=1S/C54H53N3O/c1-33(2)40-26-41(34(3)4)28-42(27-40)38-21-22-49(36(6)25-38)57-50-15-12-14-46(52(50)56-53(57)47-13-10-11-16-51(47)58)43-29-44(31-45(30-43)54(7,8)9)48-32-39(23-24-55-48)37-19-17-35(5)18-20-37/h10-34,58H,1-9H3/i5D3,6D3,33D,34D. The molecule has 2 aromatic heterocycles. The smallest absolute Gasteiger partial charge is 0.149 e. The van der Waals surface area contributed by atoms with E-state index in [2.05, 4.69) is 39.0 Å². The largest absolute Gasteiger partial charge is 0.507 e. The Hall–Kier alpha value is -6.26. The van der Waals surface area contributed by atoms with Crippen LogP contribution in [-0.2, 0) is 5.41 Å². The number of hydrogen-bond acceptors (Lipinski definition) is 3. The van der Waals surface area contributed by atoms with Crippen LogP contribution in [0.25, 0.3) is 72.7 Å². The van der Waals surface area contributed by atoms with Crippen molar-refractivity contribution in [2.24, 2.45) is 0 Å². The second kappa shape index (κ2) is 15.2. The summed E-state index contributed by atoms with van der Waals surface area (Å²) < 4.78 is 69.7. The van der Waals surface area contributed by atoms with Crippen molar-refractivity contribution in [2.75, 3.05) is 0 Å². The van der Waals surface area contributed by atoms with Crippen LogP contribution in [0.1, 0.15) is 99.0 Å². The number of phenolic OH excluding ortho intramolecular Hbond substituents is 1. The summed E-state index contributed by atoms with van der Waals surface area (Å²) in [7, 11) is 0. The van der Waals surface area contributed by atoms with Crippen LogP contribution in [0.4, 0.5) is 0 Å². The normalized spacial score (nSPS) is 14.7. The van der Waals surface area contributed by atoms with Crippen LogP contribution in [0.2, 0.25) is 0 Å². The summed E-state index contributed by atoms with van der Waals surface area (Å²) >= 11 is 0. The predicted molar refractivity (Wildman–Crippen MR) is 244 cm³/mol. The first-order valence-corrected chi connectivity index (χ1v) is 19.6. The van der Waals surface area contributed by atoms with Gasteiger partial charge in [-0.25, -0.2) is 4.98 Å². The quantitative estimate of drug-likeness (QED) is 0.167. The lowest BCUT2D eigenvalue weighted by Gasteiger charge is -2.22. The fraction of sp³-hybridized carbons (Fsp3) is 0.222. The summed E-state index contributed by atoms with van der Waals surface area (Å²) in [5.74, 6) is -1.59. The Labute approximate surface area is 355 Å². The molecule has 0 radical (unpaired) electrons. The Kier molecular flexibility index (Phi) is 7.86. The van der Waals surface area contributed by atoms with Gasteiger partial charge in [-0.05, 0) is 136 Å². The average molecular weight is 768 g/mol. The molecule has 1 N–H and O–H groups in total. The van der Waals surface area contributed by atoms with E-state index in [0.29, 0.717) is 39.2 Å². The number of imidazole rings is 1. The van der Waals surface area contributed by atoms with E-state index >= 15 is 0 Å². The molecule has 0 atom stereocenters. The van der Waals surface area contributed by atoms with Crippen molar-refractivity contribution in [1.29, 1.82) is 0 Å². The molecule has 4 heteroatoms. The Bertz CT molecular complexity index is 3090. The highest BCUT2D eigenvalue weighted by Crippen LogP contribution is 2.41. The first kappa shape index (κ1) is 29.9. The second-order valence-electron chi connectivity index (χ2n) is 16.5. The molecule has 290 valence electrons. The van der Waals surface area contributed by atoms with Crippen LogP contribution in [0.15, 0.2) is 140 Å². The molecule has 2 heterocycles. The van der Waals surface area contributed by atoms with Gasteiger partial charge in [0, 0.05) is 28.3 Å². The van der Waals surface area contributed by atoms with Crippen LogP contribution < -0.4 is 0 Å². The molecule has 0 fully saturated rings. The Balaban J connectivity index is 1.34. The Morgan fingerprint density at radius 3 is 2.00 bits per heavy atom. The molecule has 0 amide bonds. The van der Waals surface area contributed by atoms with Gasteiger partial charge in [-0.2, -0.15) is 0 Å². The van der Waals surface area contributed by atoms with Gasteiger partial charge in [-0.1, -0.05) is 133 Å². The number of aryl methyl sites for hydroxylation is 2. The fourth-order valence-corrected chi connectivity index (χ4v) is 7.50. The van der Waals surface area contributed by atoms with E-state index in [1.807, 2.05) is 77.4 Å². The molecule has 4 nitrogen and oxygen atoms in total. The average Bonchev–Trinajstić information content (AvgIpc) is 3.64. The summed E-state index contributed by atoms with van der Waals surface area (Å²) in [6.45, 7) is 8.84. The van der Waals surface area contributed by atoms with Gasteiger partial charge in [0.15, 0.2) is 0 Å². The van der Waals surface area contributed by atoms with Gasteiger partial charge < -0.3 is 5.11 Å². The molecule has 0 aliphatic heterocycles. The van der Waals surface area contributed by atoms with Gasteiger partial charge in [0.2, 0.25) is 0 Å². The van der Waals surface area contributed by atoms with Crippen molar-refractivity contribution >= 4 is 11.0 Å². The molecule has 0 unspecified atom stereocenters. The van der Waals surface area contributed by atoms with Gasteiger partial charge >= 0.3 is 0 Å². The van der Waals surface area contributed by atoms with Gasteiger partial charge in [0.1, 0.15) is 11.6 Å². The highest BCUT2D eigenvalue weighted by atomic mass is 16.3. The minimum Gasteiger partial charge on any atom is -0.507 e. The zero-order valence-electron chi connectivity index (χ0n) is 42.1. The number of phenols is 1. The molecule has 0 aliphatic carbocycles. The molecule has 0 saturated carbocycles. The molecule has 6 aromatic carbocycles. The van der Waals surface area contributed by atoms with E-state index in [4.69, 9.17) is 20.9 Å². The number of benzene rings is 6. The number of rotatable bonds is 8. The highest BCUT2D eigenvalue weighted by molar-refractivity contribution is 5.97. The minimum atomic E-state index is -2.59. The maximum Gasteiger partial charge on any atom is 0.149 e. The molecule has 8 aromatic rings. The number of pyridine rings is 1. The molecule has 0 aliphatic rings.